The van der Waals surface area contributed by atoms with Gasteiger partial charge in [0.05, 0.1) is 12.2 Å². The molecular formula is C15H18O2. The van der Waals surface area contributed by atoms with E-state index >= 15 is 0 Å². The molecule has 90 valence electrons. The number of carbonyl (C=O) groups excluding carboxylic acids is 1. The molecule has 2 aliphatic heterocycles. The number of carbonyl (C=O) groups is 1. The summed E-state index contributed by atoms with van der Waals surface area (Å²) in [5.74, 6) is 0.505. The zero-order valence-corrected chi connectivity index (χ0v) is 10.2. The summed E-state index contributed by atoms with van der Waals surface area (Å²) in [6.45, 7) is 2.02. The fourth-order valence-electron chi connectivity index (χ4n) is 3.14. The zero-order valence-electron chi connectivity index (χ0n) is 10.2. The molecule has 2 atom stereocenters. The Morgan fingerprint density at radius 1 is 1.18 bits per heavy atom. The second-order valence-electron chi connectivity index (χ2n) is 5.30. The Balaban J connectivity index is 1.81. The Morgan fingerprint density at radius 3 is 2.47 bits per heavy atom. The molecule has 0 saturated carbocycles. The third-order valence-electron chi connectivity index (χ3n) is 4.07. The summed E-state index contributed by atoms with van der Waals surface area (Å²) in [6.07, 6.45) is 4.80. The van der Waals surface area contributed by atoms with Gasteiger partial charge in [-0.1, -0.05) is 24.3 Å². The summed E-state index contributed by atoms with van der Waals surface area (Å²) in [7, 11) is 0. The number of hydrogen-bond acceptors (Lipinski definition) is 2. The molecule has 2 unspecified atom stereocenters. The summed E-state index contributed by atoms with van der Waals surface area (Å²) in [5, 5.41) is 0. The quantitative estimate of drug-likeness (QED) is 0.730. The van der Waals surface area contributed by atoms with Gasteiger partial charge in [-0.3, -0.25) is 4.79 Å². The van der Waals surface area contributed by atoms with Crippen molar-refractivity contribution in [1.82, 2.24) is 0 Å². The van der Waals surface area contributed by atoms with E-state index in [-0.39, 0.29) is 5.92 Å². The minimum Gasteiger partial charge on any atom is -0.375 e. The van der Waals surface area contributed by atoms with Gasteiger partial charge in [-0.2, -0.15) is 0 Å². The van der Waals surface area contributed by atoms with Crippen molar-refractivity contribution >= 4 is 5.78 Å². The molecule has 2 saturated heterocycles. The first-order chi connectivity index (χ1) is 8.24. The lowest BCUT2D eigenvalue weighted by molar-refractivity contribution is -0.0149. The molecule has 2 heteroatoms. The van der Waals surface area contributed by atoms with Crippen LogP contribution < -0.4 is 0 Å². The van der Waals surface area contributed by atoms with E-state index in [2.05, 4.69) is 0 Å². The lowest BCUT2D eigenvalue weighted by atomic mass is 9.86. The molecule has 1 aromatic carbocycles. The molecule has 0 N–H and O–H groups in total. The van der Waals surface area contributed by atoms with Crippen molar-refractivity contribution in [3.63, 3.8) is 0 Å². The van der Waals surface area contributed by atoms with Gasteiger partial charge in [0.15, 0.2) is 5.78 Å². The highest BCUT2D eigenvalue weighted by Gasteiger charge is 2.38. The number of rotatable bonds is 2. The van der Waals surface area contributed by atoms with E-state index in [1.54, 1.807) is 0 Å². The summed E-state index contributed by atoms with van der Waals surface area (Å²) < 4.78 is 5.79. The van der Waals surface area contributed by atoms with Crippen LogP contribution >= 0.6 is 0 Å². The van der Waals surface area contributed by atoms with E-state index in [0.717, 1.165) is 36.8 Å². The lowest BCUT2D eigenvalue weighted by Crippen LogP contribution is -2.30. The number of fused-ring (bicyclic) bond motifs is 2. The Kier molecular flexibility index (Phi) is 2.75. The van der Waals surface area contributed by atoms with Crippen LogP contribution in [0.5, 0.6) is 0 Å². The highest BCUT2D eigenvalue weighted by molar-refractivity contribution is 5.99. The summed E-state index contributed by atoms with van der Waals surface area (Å²) in [5.41, 5.74) is 2.00. The van der Waals surface area contributed by atoms with Gasteiger partial charge >= 0.3 is 0 Å². The van der Waals surface area contributed by atoms with Crippen molar-refractivity contribution < 1.29 is 9.53 Å². The number of ketones is 1. The van der Waals surface area contributed by atoms with Crippen LogP contribution in [0.3, 0.4) is 0 Å². The Hall–Kier alpha value is -1.15. The SMILES string of the molecule is Cc1ccccc1C(=O)C1CC2CCC(C1)O2. The van der Waals surface area contributed by atoms with Crippen LogP contribution in [0, 0.1) is 12.8 Å². The normalized spacial score (nSPS) is 31.5. The van der Waals surface area contributed by atoms with Crippen LogP contribution in [0.15, 0.2) is 24.3 Å². The Bertz CT molecular complexity index is 426. The lowest BCUT2D eigenvalue weighted by Gasteiger charge is -2.27. The van der Waals surface area contributed by atoms with Crippen LogP contribution in [0.4, 0.5) is 0 Å². The largest absolute Gasteiger partial charge is 0.375 e. The number of ether oxygens (including phenoxy) is 1. The Labute approximate surface area is 102 Å². The van der Waals surface area contributed by atoms with Crippen LogP contribution in [-0.2, 0) is 4.74 Å². The van der Waals surface area contributed by atoms with E-state index in [1.165, 1.54) is 0 Å². The van der Waals surface area contributed by atoms with Crippen LogP contribution in [0.1, 0.15) is 41.6 Å². The van der Waals surface area contributed by atoms with E-state index in [9.17, 15) is 4.79 Å². The average Bonchev–Trinajstić information content (AvgIpc) is 2.68. The van der Waals surface area contributed by atoms with Crippen LogP contribution in [-0.4, -0.2) is 18.0 Å². The molecule has 0 aromatic heterocycles. The maximum atomic E-state index is 12.5. The van der Waals surface area contributed by atoms with Gasteiger partial charge in [0.1, 0.15) is 0 Å². The monoisotopic (exact) mass is 230 g/mol. The minimum atomic E-state index is 0.183. The number of Topliss-reactive ketones (excluding diaryl/α,β-unsaturated/α-hetero) is 1. The summed E-state index contributed by atoms with van der Waals surface area (Å²) >= 11 is 0. The number of hydrogen-bond donors (Lipinski definition) is 0. The van der Waals surface area contributed by atoms with Gasteiger partial charge in [0.25, 0.3) is 0 Å². The standard InChI is InChI=1S/C15H18O2/c1-10-4-2-3-5-14(10)15(16)11-8-12-6-7-13(9-11)17-12/h2-5,11-13H,6-9H2,1H3. The number of aryl methyl sites for hydroxylation is 1. The molecule has 1 aromatic rings. The van der Waals surface area contributed by atoms with Crippen molar-refractivity contribution in [3.8, 4) is 0 Å². The molecular weight excluding hydrogens is 212 g/mol. The molecule has 2 aliphatic rings. The molecule has 2 heterocycles. The molecule has 0 amide bonds. The van der Waals surface area contributed by atoms with Gasteiger partial charge < -0.3 is 4.74 Å². The van der Waals surface area contributed by atoms with E-state index in [4.69, 9.17) is 4.74 Å². The van der Waals surface area contributed by atoms with Crippen molar-refractivity contribution in [3.05, 3.63) is 35.4 Å². The highest BCUT2D eigenvalue weighted by atomic mass is 16.5. The fourth-order valence-corrected chi connectivity index (χ4v) is 3.14. The summed E-state index contributed by atoms with van der Waals surface area (Å²) in [6, 6.07) is 7.91. The van der Waals surface area contributed by atoms with Crippen molar-refractivity contribution in [2.75, 3.05) is 0 Å². The van der Waals surface area contributed by atoms with Gasteiger partial charge in [-0.25, -0.2) is 0 Å². The predicted octanol–water partition coefficient (Wildman–Crippen LogP) is 3.14. The van der Waals surface area contributed by atoms with Gasteiger partial charge in [0, 0.05) is 11.5 Å². The molecule has 2 fully saturated rings. The zero-order chi connectivity index (χ0) is 11.8. The number of benzene rings is 1. The van der Waals surface area contributed by atoms with Gasteiger partial charge in [0.2, 0.25) is 0 Å². The second-order valence-corrected chi connectivity index (χ2v) is 5.30. The van der Waals surface area contributed by atoms with Crippen molar-refractivity contribution in [2.24, 2.45) is 5.92 Å². The molecule has 0 spiro atoms. The van der Waals surface area contributed by atoms with Crippen molar-refractivity contribution in [1.29, 1.82) is 0 Å². The predicted molar refractivity (Wildman–Crippen MR) is 66.1 cm³/mol. The second kappa shape index (κ2) is 4.26. The van der Waals surface area contributed by atoms with E-state index in [0.29, 0.717) is 18.0 Å². The molecule has 3 rings (SSSR count). The Morgan fingerprint density at radius 2 is 1.82 bits per heavy atom. The minimum absolute atomic E-state index is 0.183. The fraction of sp³-hybridized carbons (Fsp3) is 0.533. The first kappa shape index (κ1) is 11.0. The first-order valence-electron chi connectivity index (χ1n) is 6.49. The molecule has 0 radical (unpaired) electrons. The molecule has 17 heavy (non-hydrogen) atoms. The maximum absolute atomic E-state index is 12.5. The van der Waals surface area contributed by atoms with Gasteiger partial charge in [-0.05, 0) is 38.2 Å². The van der Waals surface area contributed by atoms with E-state index < -0.39 is 0 Å². The maximum Gasteiger partial charge on any atom is 0.166 e. The smallest absolute Gasteiger partial charge is 0.166 e. The van der Waals surface area contributed by atoms with E-state index in [1.807, 2.05) is 31.2 Å². The van der Waals surface area contributed by atoms with Gasteiger partial charge in [-0.15, -0.1) is 0 Å². The molecule has 2 nitrogen and oxygen atoms in total. The van der Waals surface area contributed by atoms with Crippen LogP contribution in [0.2, 0.25) is 0 Å². The first-order valence-corrected chi connectivity index (χ1v) is 6.49. The molecule has 0 aliphatic carbocycles. The average molecular weight is 230 g/mol. The van der Waals surface area contributed by atoms with Crippen molar-refractivity contribution in [2.45, 2.75) is 44.8 Å². The third-order valence-corrected chi connectivity index (χ3v) is 4.07. The molecule has 2 bridgehead atoms. The topological polar surface area (TPSA) is 26.3 Å². The third kappa shape index (κ3) is 2.02. The summed E-state index contributed by atoms with van der Waals surface area (Å²) in [4.78, 5) is 12.5. The highest BCUT2D eigenvalue weighted by Crippen LogP contribution is 2.37. The van der Waals surface area contributed by atoms with Crippen LogP contribution in [0.25, 0.3) is 0 Å².